The van der Waals surface area contributed by atoms with Gasteiger partial charge in [0.25, 0.3) is 0 Å². The molecule has 7 aromatic rings. The number of hydrogen-bond acceptors (Lipinski definition) is 6. The highest BCUT2D eigenvalue weighted by molar-refractivity contribution is 6.00. The van der Waals surface area contributed by atoms with Gasteiger partial charge in [0.05, 0.1) is 52.8 Å². The molecule has 0 bridgehead atoms. The monoisotopic (exact) mass is 522 g/mol. The van der Waals surface area contributed by atoms with Crippen LogP contribution in [0.3, 0.4) is 0 Å². The molecule has 0 aliphatic carbocycles. The largest absolute Gasteiger partial charge is 0.353 e. The predicted octanol–water partition coefficient (Wildman–Crippen LogP) is 5.81. The summed E-state index contributed by atoms with van der Waals surface area (Å²) in [5.74, 6) is -0.107. The second kappa shape index (κ2) is 9.88. The van der Waals surface area contributed by atoms with E-state index in [1.165, 1.54) is 0 Å². The molecule has 0 unspecified atom stereocenters. The van der Waals surface area contributed by atoms with Gasteiger partial charge in [-0.3, -0.25) is 29.8 Å². The van der Waals surface area contributed by atoms with Crippen molar-refractivity contribution in [1.29, 1.82) is 0 Å². The summed E-state index contributed by atoms with van der Waals surface area (Å²) < 4.78 is 0. The van der Waals surface area contributed by atoms with E-state index in [-0.39, 0.29) is 12.3 Å². The first-order chi connectivity index (χ1) is 19.7. The number of fused-ring (bicyclic) bond motifs is 2. The molecule has 0 saturated carbocycles. The maximum absolute atomic E-state index is 12.6. The number of nitrogens with one attached hydrogen (secondary N) is 3. The van der Waals surface area contributed by atoms with Crippen LogP contribution in [-0.2, 0) is 11.2 Å². The van der Waals surface area contributed by atoms with E-state index in [0.717, 1.165) is 55.7 Å². The molecule has 0 radical (unpaired) electrons. The standard InChI is InChI=1S/C31H22N8O/c40-29(12-19-6-2-1-3-7-19)36-21-13-20(16-32-17-21)26-14-23-28(18-35-26)38-39-31(23)27-15-22-24(37-27)9-11-34-30(22)25-8-4-5-10-33-25/h1-11,13-18,37H,12H2,(H,36,40)(H,38,39). The maximum atomic E-state index is 12.6. The van der Waals surface area contributed by atoms with E-state index in [0.29, 0.717) is 11.4 Å². The highest BCUT2D eigenvalue weighted by atomic mass is 16.1. The second-order valence-corrected chi connectivity index (χ2v) is 9.38. The summed E-state index contributed by atoms with van der Waals surface area (Å²) in [5.41, 5.74) is 8.03. The third-order valence-electron chi connectivity index (χ3n) is 6.68. The van der Waals surface area contributed by atoms with Crippen molar-refractivity contribution in [3.05, 3.63) is 109 Å². The first kappa shape index (κ1) is 23.4. The van der Waals surface area contributed by atoms with Gasteiger partial charge in [0.15, 0.2) is 0 Å². The Kier molecular flexibility index (Phi) is 5.78. The Morgan fingerprint density at radius 1 is 0.750 bits per heavy atom. The summed E-state index contributed by atoms with van der Waals surface area (Å²) in [5, 5.41) is 12.5. The minimum atomic E-state index is -0.107. The van der Waals surface area contributed by atoms with Crippen molar-refractivity contribution in [1.82, 2.24) is 35.1 Å². The van der Waals surface area contributed by atoms with Crippen molar-refractivity contribution in [2.24, 2.45) is 0 Å². The minimum absolute atomic E-state index is 0.107. The summed E-state index contributed by atoms with van der Waals surface area (Å²) in [4.78, 5) is 34.1. The SMILES string of the molecule is O=C(Cc1ccccc1)Nc1cncc(-c2cc3c(-c4cc5c(-c6ccccn6)nccc5[nH]4)n[nH]c3cn2)c1. The molecule has 0 fully saturated rings. The Balaban J connectivity index is 1.21. The Labute approximate surface area is 228 Å². The molecule has 0 aliphatic heterocycles. The Morgan fingerprint density at radius 2 is 1.62 bits per heavy atom. The van der Waals surface area contributed by atoms with Crippen molar-refractivity contribution < 1.29 is 4.79 Å². The molecule has 0 aliphatic rings. The number of pyridine rings is 4. The summed E-state index contributed by atoms with van der Waals surface area (Å²) in [7, 11) is 0. The van der Waals surface area contributed by atoms with E-state index < -0.39 is 0 Å². The third kappa shape index (κ3) is 4.45. The number of aromatic nitrogens is 7. The number of carbonyl (C=O) groups is 1. The van der Waals surface area contributed by atoms with Gasteiger partial charge < -0.3 is 10.3 Å². The van der Waals surface area contributed by atoms with E-state index >= 15 is 0 Å². The molecule has 6 heterocycles. The molecule has 9 nitrogen and oxygen atoms in total. The molecule has 40 heavy (non-hydrogen) atoms. The summed E-state index contributed by atoms with van der Waals surface area (Å²) in [6.07, 6.45) is 8.94. The molecular weight excluding hydrogens is 500 g/mol. The summed E-state index contributed by atoms with van der Waals surface area (Å²) >= 11 is 0. The van der Waals surface area contributed by atoms with Crippen LogP contribution in [0, 0.1) is 0 Å². The molecule has 0 spiro atoms. The Bertz CT molecular complexity index is 1980. The second-order valence-electron chi connectivity index (χ2n) is 9.38. The van der Waals surface area contributed by atoms with Crippen LogP contribution in [0.15, 0.2) is 104 Å². The van der Waals surface area contributed by atoms with Crippen LogP contribution in [0.1, 0.15) is 5.56 Å². The van der Waals surface area contributed by atoms with Gasteiger partial charge in [-0.15, -0.1) is 0 Å². The fraction of sp³-hybridized carbons (Fsp3) is 0.0323. The quantitative estimate of drug-likeness (QED) is 0.253. The number of rotatable bonds is 6. The average Bonchev–Trinajstić information content (AvgIpc) is 3.62. The van der Waals surface area contributed by atoms with Crippen LogP contribution in [0.2, 0.25) is 0 Å². The van der Waals surface area contributed by atoms with Crippen molar-refractivity contribution in [3.8, 4) is 34.0 Å². The maximum Gasteiger partial charge on any atom is 0.228 e. The number of amides is 1. The lowest BCUT2D eigenvalue weighted by Gasteiger charge is -2.07. The van der Waals surface area contributed by atoms with E-state index in [9.17, 15) is 4.79 Å². The fourth-order valence-electron chi connectivity index (χ4n) is 4.80. The molecular formula is C31H22N8O. The van der Waals surface area contributed by atoms with E-state index in [1.807, 2.05) is 72.8 Å². The number of H-pyrrole nitrogens is 2. The van der Waals surface area contributed by atoms with Crippen LogP contribution in [0.25, 0.3) is 55.8 Å². The van der Waals surface area contributed by atoms with Crippen LogP contribution in [0.4, 0.5) is 5.69 Å². The number of carbonyl (C=O) groups excluding carboxylic acids is 1. The molecule has 0 atom stereocenters. The van der Waals surface area contributed by atoms with Gasteiger partial charge in [-0.05, 0) is 42.0 Å². The summed E-state index contributed by atoms with van der Waals surface area (Å²) in [6.45, 7) is 0. The van der Waals surface area contributed by atoms with Crippen molar-refractivity contribution in [2.75, 3.05) is 5.32 Å². The zero-order chi connectivity index (χ0) is 26.9. The van der Waals surface area contributed by atoms with Crippen molar-refractivity contribution >= 4 is 33.4 Å². The fourth-order valence-corrected chi connectivity index (χ4v) is 4.80. The third-order valence-corrected chi connectivity index (χ3v) is 6.68. The zero-order valence-electron chi connectivity index (χ0n) is 21.2. The molecule has 192 valence electrons. The highest BCUT2D eigenvalue weighted by Crippen LogP contribution is 2.33. The normalized spacial score (nSPS) is 11.2. The molecule has 0 saturated heterocycles. The lowest BCUT2D eigenvalue weighted by atomic mass is 10.1. The minimum Gasteiger partial charge on any atom is -0.353 e. The van der Waals surface area contributed by atoms with Gasteiger partial charge >= 0.3 is 0 Å². The van der Waals surface area contributed by atoms with Gasteiger partial charge in [-0.25, -0.2) is 0 Å². The number of aromatic amines is 2. The van der Waals surface area contributed by atoms with Crippen LogP contribution in [0.5, 0.6) is 0 Å². The molecule has 6 aromatic heterocycles. The number of benzene rings is 1. The Morgan fingerprint density at radius 3 is 2.50 bits per heavy atom. The molecule has 1 amide bonds. The van der Waals surface area contributed by atoms with E-state index in [2.05, 4.69) is 40.4 Å². The molecule has 9 heteroatoms. The van der Waals surface area contributed by atoms with Gasteiger partial charge in [0.1, 0.15) is 5.69 Å². The Hall–Kier alpha value is -5.70. The van der Waals surface area contributed by atoms with Gasteiger partial charge in [0, 0.05) is 40.4 Å². The lowest BCUT2D eigenvalue weighted by molar-refractivity contribution is -0.115. The average molecular weight is 523 g/mol. The molecule has 3 N–H and O–H groups in total. The van der Waals surface area contributed by atoms with Crippen LogP contribution in [-0.4, -0.2) is 41.0 Å². The highest BCUT2D eigenvalue weighted by Gasteiger charge is 2.16. The molecule has 1 aromatic carbocycles. The first-order valence-electron chi connectivity index (χ1n) is 12.7. The number of hydrogen-bond donors (Lipinski definition) is 3. The van der Waals surface area contributed by atoms with E-state index in [4.69, 9.17) is 0 Å². The number of nitrogens with zero attached hydrogens (tertiary/aromatic N) is 5. The van der Waals surface area contributed by atoms with Gasteiger partial charge in [-0.2, -0.15) is 5.10 Å². The summed E-state index contributed by atoms with van der Waals surface area (Å²) in [6, 6.07) is 23.2. The van der Waals surface area contributed by atoms with E-state index in [1.54, 1.807) is 31.0 Å². The van der Waals surface area contributed by atoms with Gasteiger partial charge in [-0.1, -0.05) is 36.4 Å². The van der Waals surface area contributed by atoms with Crippen molar-refractivity contribution in [3.63, 3.8) is 0 Å². The van der Waals surface area contributed by atoms with Gasteiger partial charge in [0.2, 0.25) is 5.91 Å². The molecule has 7 rings (SSSR count). The smallest absolute Gasteiger partial charge is 0.228 e. The van der Waals surface area contributed by atoms with Crippen LogP contribution >= 0.6 is 0 Å². The van der Waals surface area contributed by atoms with Crippen LogP contribution < -0.4 is 5.32 Å². The topological polar surface area (TPSA) is 125 Å². The zero-order valence-corrected chi connectivity index (χ0v) is 21.2. The first-order valence-corrected chi connectivity index (χ1v) is 12.7. The predicted molar refractivity (Wildman–Crippen MR) is 154 cm³/mol. The lowest BCUT2D eigenvalue weighted by Crippen LogP contribution is -2.14. The van der Waals surface area contributed by atoms with Crippen molar-refractivity contribution in [2.45, 2.75) is 6.42 Å². The number of anilines is 1.